The minimum atomic E-state index is 0.722. The van der Waals surface area contributed by atoms with Gasteiger partial charge in [0.25, 0.3) is 0 Å². The third kappa shape index (κ3) is 2.45. The zero-order valence-electron chi connectivity index (χ0n) is 15.4. The Hall–Kier alpha value is -3.15. The van der Waals surface area contributed by atoms with Gasteiger partial charge in [-0.1, -0.05) is 12.1 Å². The van der Waals surface area contributed by atoms with Crippen LogP contribution in [0.15, 0.2) is 36.4 Å². The van der Waals surface area contributed by atoms with Crippen LogP contribution in [0.3, 0.4) is 0 Å². The Morgan fingerprint density at radius 3 is 2.42 bits per heavy atom. The van der Waals surface area contributed by atoms with Crippen molar-refractivity contribution in [3.8, 4) is 22.8 Å². The summed E-state index contributed by atoms with van der Waals surface area (Å²) >= 11 is 0. The van der Waals surface area contributed by atoms with Gasteiger partial charge in [0.05, 0.1) is 31.3 Å². The van der Waals surface area contributed by atoms with Crippen molar-refractivity contribution < 1.29 is 9.47 Å². The maximum atomic E-state index is 5.46. The van der Waals surface area contributed by atoms with E-state index in [1.807, 2.05) is 49.1 Å². The molecule has 3 aromatic rings. The summed E-state index contributed by atoms with van der Waals surface area (Å²) in [4.78, 5) is 0. The van der Waals surface area contributed by atoms with Crippen LogP contribution in [0, 0.1) is 0 Å². The van der Waals surface area contributed by atoms with E-state index < -0.39 is 0 Å². The number of rotatable bonds is 5. The number of nitrogens with zero attached hydrogens (tertiary/aromatic N) is 2. The molecule has 0 unspecified atom stereocenters. The first-order valence-electron chi connectivity index (χ1n) is 8.51. The van der Waals surface area contributed by atoms with Gasteiger partial charge in [-0.25, -0.2) is 0 Å². The second kappa shape index (κ2) is 6.29. The topological polar surface area (TPSA) is 60.3 Å². The maximum Gasteiger partial charge on any atom is 0.161 e. The van der Waals surface area contributed by atoms with Crippen LogP contribution in [0.4, 0.5) is 17.2 Å². The van der Waals surface area contributed by atoms with Crippen LogP contribution in [0.25, 0.3) is 11.3 Å². The highest BCUT2D eigenvalue weighted by atomic mass is 16.5. The number of hydrogen-bond donors (Lipinski definition) is 2. The normalized spacial score (nSPS) is 11.7. The van der Waals surface area contributed by atoms with Crippen molar-refractivity contribution in [3.05, 3.63) is 47.5 Å². The molecule has 26 heavy (non-hydrogen) atoms. The molecular weight excluding hydrogens is 328 g/mol. The summed E-state index contributed by atoms with van der Waals surface area (Å²) in [6.45, 7) is 0. The predicted molar refractivity (Wildman–Crippen MR) is 104 cm³/mol. The van der Waals surface area contributed by atoms with Gasteiger partial charge in [0, 0.05) is 31.6 Å². The zero-order valence-corrected chi connectivity index (χ0v) is 15.4. The van der Waals surface area contributed by atoms with Gasteiger partial charge in [-0.3, -0.25) is 4.68 Å². The molecule has 0 atom stereocenters. The third-order valence-electron chi connectivity index (χ3n) is 4.83. The van der Waals surface area contributed by atoms with E-state index in [1.54, 1.807) is 14.2 Å². The Morgan fingerprint density at radius 1 is 1.04 bits per heavy atom. The number of para-hydroxylation sites is 2. The summed E-state index contributed by atoms with van der Waals surface area (Å²) in [6.07, 6.45) is 0.808. The molecule has 2 aromatic carbocycles. The summed E-state index contributed by atoms with van der Waals surface area (Å²) in [6, 6.07) is 12.2. The Kier molecular flexibility index (Phi) is 3.95. The largest absolute Gasteiger partial charge is 0.493 e. The average molecular weight is 350 g/mol. The number of benzene rings is 2. The molecule has 0 aliphatic heterocycles. The maximum absolute atomic E-state index is 5.46. The molecule has 134 valence electrons. The molecule has 6 heteroatoms. The van der Waals surface area contributed by atoms with Gasteiger partial charge in [-0.2, -0.15) is 5.10 Å². The molecule has 1 heterocycles. The molecule has 0 bridgehead atoms. The van der Waals surface area contributed by atoms with Gasteiger partial charge in [0.15, 0.2) is 11.5 Å². The van der Waals surface area contributed by atoms with E-state index in [9.17, 15) is 0 Å². The Balaban J connectivity index is 1.77. The lowest BCUT2D eigenvalue weighted by Crippen LogP contribution is -2.04. The lowest BCUT2D eigenvalue weighted by molar-refractivity contribution is 0.355. The lowest BCUT2D eigenvalue weighted by atomic mass is 10.1. The average Bonchev–Trinajstić information content (AvgIpc) is 3.16. The van der Waals surface area contributed by atoms with Crippen LogP contribution in [-0.2, 0) is 13.5 Å². The van der Waals surface area contributed by atoms with Crippen molar-refractivity contribution in [2.45, 2.75) is 6.42 Å². The van der Waals surface area contributed by atoms with Crippen molar-refractivity contribution in [3.63, 3.8) is 0 Å². The number of aryl methyl sites for hydroxylation is 1. The van der Waals surface area contributed by atoms with Crippen LogP contribution in [0.1, 0.15) is 11.1 Å². The fraction of sp³-hybridized carbons (Fsp3) is 0.250. The zero-order chi connectivity index (χ0) is 18.3. The standard InChI is InChI=1S/C20H22N4O2/c1-21-15-7-5-6-8-16(15)22-20-14-9-12-10-17(25-3)18(26-4)11-13(12)19(14)23-24(20)2/h5-8,10-11,21-22H,9H2,1-4H3. The lowest BCUT2D eigenvalue weighted by Gasteiger charge is -2.13. The number of fused-ring (bicyclic) bond motifs is 3. The van der Waals surface area contributed by atoms with Gasteiger partial charge in [0.1, 0.15) is 5.82 Å². The number of aromatic nitrogens is 2. The van der Waals surface area contributed by atoms with Crippen molar-refractivity contribution >= 4 is 17.2 Å². The smallest absolute Gasteiger partial charge is 0.161 e. The van der Waals surface area contributed by atoms with Gasteiger partial charge < -0.3 is 20.1 Å². The molecule has 0 amide bonds. The van der Waals surface area contributed by atoms with Gasteiger partial charge in [0.2, 0.25) is 0 Å². The van der Waals surface area contributed by atoms with Crippen molar-refractivity contribution in [1.82, 2.24) is 9.78 Å². The minimum Gasteiger partial charge on any atom is -0.493 e. The van der Waals surface area contributed by atoms with Crippen molar-refractivity contribution in [1.29, 1.82) is 0 Å². The van der Waals surface area contributed by atoms with Gasteiger partial charge in [-0.05, 0) is 29.8 Å². The van der Waals surface area contributed by atoms with E-state index in [1.165, 1.54) is 11.1 Å². The molecule has 6 nitrogen and oxygen atoms in total. The third-order valence-corrected chi connectivity index (χ3v) is 4.83. The molecule has 1 aliphatic carbocycles. The summed E-state index contributed by atoms with van der Waals surface area (Å²) in [5.41, 5.74) is 6.54. The van der Waals surface area contributed by atoms with E-state index in [4.69, 9.17) is 14.6 Å². The van der Waals surface area contributed by atoms with E-state index in [-0.39, 0.29) is 0 Å². The molecule has 1 aromatic heterocycles. The molecule has 0 fully saturated rings. The van der Waals surface area contributed by atoms with Crippen LogP contribution in [0.2, 0.25) is 0 Å². The molecular formula is C20H22N4O2. The molecule has 0 radical (unpaired) electrons. The highest BCUT2D eigenvalue weighted by molar-refractivity contribution is 5.83. The van der Waals surface area contributed by atoms with Crippen LogP contribution >= 0.6 is 0 Å². The SMILES string of the molecule is CNc1ccccc1Nc1c2c(nn1C)-c1cc(OC)c(OC)cc1C2. The molecule has 2 N–H and O–H groups in total. The Labute approximate surface area is 152 Å². The molecule has 0 saturated heterocycles. The summed E-state index contributed by atoms with van der Waals surface area (Å²) in [5.74, 6) is 2.47. The molecule has 1 aliphatic rings. The Bertz CT molecular complexity index is 978. The molecule has 4 rings (SSSR count). The number of ether oxygens (including phenoxy) is 2. The number of methoxy groups -OCH3 is 2. The monoisotopic (exact) mass is 350 g/mol. The van der Waals surface area contributed by atoms with E-state index >= 15 is 0 Å². The number of nitrogens with one attached hydrogen (secondary N) is 2. The number of hydrogen-bond acceptors (Lipinski definition) is 5. The van der Waals surface area contributed by atoms with E-state index in [0.717, 1.165) is 46.4 Å². The number of anilines is 3. The second-order valence-corrected chi connectivity index (χ2v) is 6.26. The van der Waals surface area contributed by atoms with Gasteiger partial charge >= 0.3 is 0 Å². The fourth-order valence-electron chi connectivity index (χ4n) is 3.52. The van der Waals surface area contributed by atoms with Crippen molar-refractivity contribution in [2.75, 3.05) is 31.9 Å². The summed E-state index contributed by atoms with van der Waals surface area (Å²) in [7, 11) is 7.19. The summed E-state index contributed by atoms with van der Waals surface area (Å²) in [5, 5.41) is 11.5. The van der Waals surface area contributed by atoms with Gasteiger partial charge in [-0.15, -0.1) is 0 Å². The quantitative estimate of drug-likeness (QED) is 0.573. The highest BCUT2D eigenvalue weighted by Crippen LogP contribution is 2.45. The van der Waals surface area contributed by atoms with Crippen LogP contribution < -0.4 is 20.1 Å². The molecule has 0 saturated carbocycles. The van der Waals surface area contributed by atoms with E-state index in [2.05, 4.69) is 16.7 Å². The van der Waals surface area contributed by atoms with Crippen molar-refractivity contribution in [2.24, 2.45) is 7.05 Å². The minimum absolute atomic E-state index is 0.722. The highest BCUT2D eigenvalue weighted by Gasteiger charge is 2.28. The molecule has 0 spiro atoms. The first kappa shape index (κ1) is 16.3. The second-order valence-electron chi connectivity index (χ2n) is 6.26. The van der Waals surface area contributed by atoms with Crippen LogP contribution in [0.5, 0.6) is 11.5 Å². The summed E-state index contributed by atoms with van der Waals surface area (Å²) < 4.78 is 12.8. The van der Waals surface area contributed by atoms with Crippen LogP contribution in [-0.4, -0.2) is 31.0 Å². The fourth-order valence-corrected chi connectivity index (χ4v) is 3.52. The first-order valence-corrected chi connectivity index (χ1v) is 8.51. The Morgan fingerprint density at radius 2 is 1.73 bits per heavy atom. The first-order chi connectivity index (χ1) is 12.7. The predicted octanol–water partition coefficient (Wildman–Crippen LogP) is 3.79. The van der Waals surface area contributed by atoms with E-state index in [0.29, 0.717) is 0 Å².